The highest BCUT2D eigenvalue weighted by atomic mass is 16.5. The Labute approximate surface area is 147 Å². The van der Waals surface area contributed by atoms with Gasteiger partial charge in [-0.1, -0.05) is 19.8 Å². The van der Waals surface area contributed by atoms with Crippen LogP contribution in [0.2, 0.25) is 0 Å². The number of nitrogens with zero attached hydrogens (tertiary/aromatic N) is 2. The number of hydrogen-bond donors (Lipinski definition) is 1. The van der Waals surface area contributed by atoms with Gasteiger partial charge in [-0.15, -0.1) is 0 Å². The summed E-state index contributed by atoms with van der Waals surface area (Å²) in [6, 6.07) is 8.77. The fourth-order valence-corrected chi connectivity index (χ4v) is 2.15. The molecule has 0 fully saturated rings. The van der Waals surface area contributed by atoms with Gasteiger partial charge in [0.05, 0.1) is 19.9 Å². The molecule has 1 amide bonds. The van der Waals surface area contributed by atoms with Gasteiger partial charge in [0, 0.05) is 18.0 Å². The number of carbonyl (C=O) groups excluding carboxylic acids is 1. The zero-order chi connectivity index (χ0) is 17.9. The Balaban J connectivity index is 1.94. The number of carbonyl (C=O) groups is 1. The number of benzene rings is 1. The van der Waals surface area contributed by atoms with Crippen molar-refractivity contribution in [3.63, 3.8) is 0 Å². The summed E-state index contributed by atoms with van der Waals surface area (Å²) in [5, 5.41) is 3.97. The maximum Gasteiger partial charge on any atom is 0.271 e. The van der Waals surface area contributed by atoms with E-state index in [2.05, 4.69) is 22.4 Å². The summed E-state index contributed by atoms with van der Waals surface area (Å²) in [6.45, 7) is 2.82. The number of nitrogens with one attached hydrogen (secondary N) is 1. The van der Waals surface area contributed by atoms with Crippen molar-refractivity contribution in [3.8, 4) is 11.5 Å². The second kappa shape index (κ2) is 10.1. The zero-order valence-corrected chi connectivity index (χ0v) is 14.6. The number of methoxy groups -OCH3 is 1. The molecule has 132 valence electrons. The van der Waals surface area contributed by atoms with E-state index in [1.807, 2.05) is 18.2 Å². The minimum atomic E-state index is -0.290. The van der Waals surface area contributed by atoms with Crippen molar-refractivity contribution in [1.29, 1.82) is 0 Å². The maximum absolute atomic E-state index is 11.9. The molecule has 1 aromatic heterocycles. The zero-order valence-electron chi connectivity index (χ0n) is 14.6. The molecular formula is C19H23N3O3. The molecule has 0 radical (unpaired) electrons. The first-order valence-corrected chi connectivity index (χ1v) is 8.29. The van der Waals surface area contributed by atoms with Crippen LogP contribution in [-0.4, -0.2) is 30.8 Å². The Kier molecular flexibility index (Phi) is 7.43. The Bertz CT molecular complexity index is 702. The van der Waals surface area contributed by atoms with Crippen LogP contribution in [0.1, 0.15) is 42.1 Å². The first kappa shape index (κ1) is 18.4. The molecule has 1 N–H and O–H groups in total. The van der Waals surface area contributed by atoms with Gasteiger partial charge in [0.2, 0.25) is 0 Å². The lowest BCUT2D eigenvalue weighted by molar-refractivity contribution is 0.0955. The van der Waals surface area contributed by atoms with E-state index in [0.29, 0.717) is 23.7 Å². The third-order valence-electron chi connectivity index (χ3n) is 3.52. The quantitative estimate of drug-likeness (QED) is 0.431. The Morgan fingerprint density at radius 3 is 2.72 bits per heavy atom. The summed E-state index contributed by atoms with van der Waals surface area (Å²) in [5.41, 5.74) is 3.78. The Morgan fingerprint density at radius 2 is 2.00 bits per heavy atom. The normalized spacial score (nSPS) is 10.6. The van der Waals surface area contributed by atoms with E-state index in [0.717, 1.165) is 24.8 Å². The fraction of sp³-hybridized carbons (Fsp3) is 0.316. The molecule has 1 aromatic carbocycles. The second-order valence-electron chi connectivity index (χ2n) is 5.40. The lowest BCUT2D eigenvalue weighted by Crippen LogP contribution is -2.17. The van der Waals surface area contributed by atoms with Crippen LogP contribution >= 0.6 is 0 Å². The van der Waals surface area contributed by atoms with Crippen molar-refractivity contribution in [3.05, 3.63) is 53.9 Å². The molecule has 0 aliphatic heterocycles. The number of amides is 1. The van der Waals surface area contributed by atoms with Crippen molar-refractivity contribution in [2.75, 3.05) is 13.7 Å². The van der Waals surface area contributed by atoms with E-state index in [1.54, 1.807) is 37.9 Å². The molecule has 0 aliphatic rings. The number of hydrogen-bond acceptors (Lipinski definition) is 5. The van der Waals surface area contributed by atoms with Gasteiger partial charge in [0.15, 0.2) is 11.5 Å². The van der Waals surface area contributed by atoms with Gasteiger partial charge in [-0.2, -0.15) is 5.10 Å². The predicted octanol–water partition coefficient (Wildman–Crippen LogP) is 3.42. The molecular weight excluding hydrogens is 318 g/mol. The van der Waals surface area contributed by atoms with Crippen LogP contribution in [0, 0.1) is 0 Å². The SMILES string of the molecule is CCCCCOc1ccc(/C=N\NC(=O)c2ccncc2)cc1OC. The van der Waals surface area contributed by atoms with Crippen molar-refractivity contribution in [2.24, 2.45) is 5.10 Å². The lowest BCUT2D eigenvalue weighted by Gasteiger charge is -2.11. The Morgan fingerprint density at radius 1 is 1.20 bits per heavy atom. The number of aromatic nitrogens is 1. The summed E-state index contributed by atoms with van der Waals surface area (Å²) in [5.74, 6) is 1.05. The average Bonchev–Trinajstić information content (AvgIpc) is 2.66. The standard InChI is InChI=1S/C19H23N3O3/c1-3-4-5-12-25-17-7-6-15(13-18(17)24-2)14-21-22-19(23)16-8-10-20-11-9-16/h6-11,13-14H,3-5,12H2,1-2H3,(H,22,23)/b21-14-. The van der Waals surface area contributed by atoms with Gasteiger partial charge in [0.1, 0.15) is 0 Å². The number of pyridine rings is 1. The van der Waals surface area contributed by atoms with Crippen LogP contribution in [-0.2, 0) is 0 Å². The van der Waals surface area contributed by atoms with Crippen LogP contribution in [0.4, 0.5) is 0 Å². The van der Waals surface area contributed by atoms with Gasteiger partial charge in [0.25, 0.3) is 5.91 Å². The van der Waals surface area contributed by atoms with E-state index >= 15 is 0 Å². The molecule has 0 spiro atoms. The molecule has 6 nitrogen and oxygen atoms in total. The first-order valence-electron chi connectivity index (χ1n) is 8.29. The molecule has 0 bridgehead atoms. The molecule has 6 heteroatoms. The fourth-order valence-electron chi connectivity index (χ4n) is 2.15. The molecule has 2 rings (SSSR count). The Hall–Kier alpha value is -2.89. The summed E-state index contributed by atoms with van der Waals surface area (Å²) < 4.78 is 11.1. The molecule has 0 saturated carbocycles. The van der Waals surface area contributed by atoms with Crippen LogP contribution in [0.5, 0.6) is 11.5 Å². The van der Waals surface area contributed by atoms with Crippen LogP contribution in [0.25, 0.3) is 0 Å². The number of hydrazone groups is 1. The summed E-state index contributed by atoms with van der Waals surface area (Å²) in [6.07, 6.45) is 7.99. The van der Waals surface area contributed by atoms with Gasteiger partial charge in [-0.25, -0.2) is 5.43 Å². The molecule has 2 aromatic rings. The highest BCUT2D eigenvalue weighted by molar-refractivity contribution is 5.94. The van der Waals surface area contributed by atoms with Gasteiger partial charge >= 0.3 is 0 Å². The summed E-state index contributed by atoms with van der Waals surface area (Å²) in [4.78, 5) is 15.8. The van der Waals surface area contributed by atoms with Crippen molar-refractivity contribution in [1.82, 2.24) is 10.4 Å². The minimum absolute atomic E-state index is 0.290. The van der Waals surface area contributed by atoms with Crippen LogP contribution in [0.3, 0.4) is 0 Å². The topological polar surface area (TPSA) is 72.8 Å². The number of unbranched alkanes of at least 4 members (excludes halogenated alkanes) is 2. The van der Waals surface area contributed by atoms with Crippen molar-refractivity contribution < 1.29 is 14.3 Å². The summed E-state index contributed by atoms with van der Waals surface area (Å²) >= 11 is 0. The monoisotopic (exact) mass is 341 g/mol. The third kappa shape index (κ3) is 5.91. The van der Waals surface area contributed by atoms with E-state index in [9.17, 15) is 4.79 Å². The lowest BCUT2D eigenvalue weighted by atomic mass is 10.2. The predicted molar refractivity (Wildman–Crippen MR) is 97.3 cm³/mol. The largest absolute Gasteiger partial charge is 0.493 e. The number of ether oxygens (including phenoxy) is 2. The highest BCUT2D eigenvalue weighted by Gasteiger charge is 2.06. The van der Waals surface area contributed by atoms with Gasteiger partial charge in [-0.05, 0) is 42.3 Å². The molecule has 0 unspecified atom stereocenters. The average molecular weight is 341 g/mol. The first-order chi connectivity index (χ1) is 12.2. The van der Waals surface area contributed by atoms with Crippen LogP contribution in [0.15, 0.2) is 47.8 Å². The van der Waals surface area contributed by atoms with Gasteiger partial charge in [-0.3, -0.25) is 9.78 Å². The smallest absolute Gasteiger partial charge is 0.271 e. The van der Waals surface area contributed by atoms with Gasteiger partial charge < -0.3 is 9.47 Å². The third-order valence-corrected chi connectivity index (χ3v) is 3.52. The van der Waals surface area contributed by atoms with E-state index < -0.39 is 0 Å². The van der Waals surface area contributed by atoms with E-state index in [-0.39, 0.29) is 5.91 Å². The second-order valence-corrected chi connectivity index (χ2v) is 5.40. The van der Waals surface area contributed by atoms with E-state index in [4.69, 9.17) is 9.47 Å². The maximum atomic E-state index is 11.9. The van der Waals surface area contributed by atoms with E-state index in [1.165, 1.54) is 0 Å². The van der Waals surface area contributed by atoms with Crippen LogP contribution < -0.4 is 14.9 Å². The summed E-state index contributed by atoms with van der Waals surface area (Å²) in [7, 11) is 1.60. The molecule has 1 heterocycles. The van der Waals surface area contributed by atoms with Crippen molar-refractivity contribution >= 4 is 12.1 Å². The molecule has 25 heavy (non-hydrogen) atoms. The van der Waals surface area contributed by atoms with Crippen molar-refractivity contribution in [2.45, 2.75) is 26.2 Å². The highest BCUT2D eigenvalue weighted by Crippen LogP contribution is 2.27. The molecule has 0 atom stereocenters. The number of rotatable bonds is 9. The molecule has 0 aliphatic carbocycles. The molecule has 0 saturated heterocycles. The minimum Gasteiger partial charge on any atom is -0.493 e.